The van der Waals surface area contributed by atoms with Crippen molar-refractivity contribution in [3.05, 3.63) is 59.7 Å². The summed E-state index contributed by atoms with van der Waals surface area (Å²) in [5.41, 5.74) is 1.78. The van der Waals surface area contributed by atoms with Gasteiger partial charge in [-0.25, -0.2) is 13.1 Å². The molecule has 0 aliphatic carbocycles. The third-order valence-corrected chi connectivity index (χ3v) is 5.51. The molecule has 26 heavy (non-hydrogen) atoms. The van der Waals surface area contributed by atoms with Crippen LogP contribution in [-0.2, 0) is 10.0 Å². The van der Waals surface area contributed by atoms with Crippen molar-refractivity contribution in [3.8, 4) is 5.75 Å². The van der Waals surface area contributed by atoms with Gasteiger partial charge in [-0.05, 0) is 62.4 Å². The lowest BCUT2D eigenvalue weighted by molar-refractivity contribution is 0.240. The Kier molecular flexibility index (Phi) is 7.20. The second-order valence-corrected chi connectivity index (χ2v) is 8.33. The fourth-order valence-corrected chi connectivity index (χ4v) is 3.90. The van der Waals surface area contributed by atoms with E-state index < -0.39 is 10.0 Å². The Morgan fingerprint density at radius 1 is 1.12 bits per heavy atom. The van der Waals surface area contributed by atoms with Crippen LogP contribution in [0.2, 0.25) is 0 Å². The molecule has 0 bridgehead atoms. The van der Waals surface area contributed by atoms with Gasteiger partial charge in [-0.15, -0.1) is 0 Å². The second-order valence-electron chi connectivity index (χ2n) is 6.57. The normalized spacial score (nSPS) is 13.0. The predicted octanol–water partition coefficient (Wildman–Crippen LogP) is 3.23. The molecule has 0 aromatic heterocycles. The van der Waals surface area contributed by atoms with Crippen LogP contribution in [0.25, 0.3) is 0 Å². The average Bonchev–Trinajstić information content (AvgIpc) is 2.60. The number of aliphatic hydroxyl groups excluding tert-OH is 1. The van der Waals surface area contributed by atoms with Gasteiger partial charge in [-0.1, -0.05) is 30.3 Å². The standard InChI is InChI=1S/C20H27NO4S/c1-15(2)25-20-10-9-19(13-16(20)3)26(23,24)21-14-18(11-12-22)17-7-5-4-6-8-17/h4-10,13,15,18,21-22H,11-12,14H2,1-3H3/t18-/m0/s1. The van der Waals surface area contributed by atoms with E-state index in [4.69, 9.17) is 4.74 Å². The lowest BCUT2D eigenvalue weighted by Gasteiger charge is -2.18. The summed E-state index contributed by atoms with van der Waals surface area (Å²) in [4.78, 5) is 0.210. The third-order valence-electron chi connectivity index (χ3n) is 4.09. The Bertz CT molecular complexity index is 804. The highest BCUT2D eigenvalue weighted by Crippen LogP contribution is 2.24. The van der Waals surface area contributed by atoms with Gasteiger partial charge in [-0.2, -0.15) is 0 Å². The molecule has 1 atom stereocenters. The van der Waals surface area contributed by atoms with Crippen LogP contribution in [0.15, 0.2) is 53.4 Å². The third kappa shape index (κ3) is 5.56. The van der Waals surface area contributed by atoms with Crippen molar-refractivity contribution in [1.29, 1.82) is 0 Å². The number of nitrogens with one attached hydrogen (secondary N) is 1. The zero-order valence-electron chi connectivity index (χ0n) is 15.5. The monoisotopic (exact) mass is 377 g/mol. The maximum absolute atomic E-state index is 12.6. The van der Waals surface area contributed by atoms with Gasteiger partial charge < -0.3 is 9.84 Å². The smallest absolute Gasteiger partial charge is 0.240 e. The lowest BCUT2D eigenvalue weighted by Crippen LogP contribution is -2.29. The molecule has 2 N–H and O–H groups in total. The Labute approximate surface area is 156 Å². The second kappa shape index (κ2) is 9.16. The van der Waals surface area contributed by atoms with Crippen LogP contribution in [0, 0.1) is 6.92 Å². The van der Waals surface area contributed by atoms with E-state index in [1.54, 1.807) is 18.2 Å². The number of hydrogen-bond acceptors (Lipinski definition) is 4. The molecule has 0 aliphatic rings. The molecule has 2 aromatic carbocycles. The van der Waals surface area contributed by atoms with Crippen molar-refractivity contribution in [3.63, 3.8) is 0 Å². The molecule has 2 rings (SSSR count). The number of hydrogen-bond donors (Lipinski definition) is 2. The Hall–Kier alpha value is -1.89. The summed E-state index contributed by atoms with van der Waals surface area (Å²) in [6.07, 6.45) is 0.520. The minimum absolute atomic E-state index is 0.00162. The zero-order valence-corrected chi connectivity index (χ0v) is 16.3. The first kappa shape index (κ1) is 20.4. The van der Waals surface area contributed by atoms with Crippen molar-refractivity contribution in [2.24, 2.45) is 0 Å². The molecule has 0 aliphatic heterocycles. The van der Waals surface area contributed by atoms with Crippen LogP contribution < -0.4 is 9.46 Å². The molecule has 5 nitrogen and oxygen atoms in total. The van der Waals surface area contributed by atoms with E-state index in [-0.39, 0.29) is 30.1 Å². The van der Waals surface area contributed by atoms with Crippen molar-refractivity contribution in [2.75, 3.05) is 13.2 Å². The van der Waals surface area contributed by atoms with Gasteiger partial charge in [0.15, 0.2) is 0 Å². The highest BCUT2D eigenvalue weighted by atomic mass is 32.2. The topological polar surface area (TPSA) is 75.6 Å². The van der Waals surface area contributed by atoms with Gasteiger partial charge in [0.05, 0.1) is 11.0 Å². The van der Waals surface area contributed by atoms with Crippen LogP contribution in [0.1, 0.15) is 37.3 Å². The number of rotatable bonds is 9. The number of aryl methyl sites for hydroxylation is 1. The van der Waals surface area contributed by atoms with E-state index >= 15 is 0 Å². The molecule has 0 amide bonds. The van der Waals surface area contributed by atoms with Crippen LogP contribution in [0.4, 0.5) is 0 Å². The summed E-state index contributed by atoms with van der Waals surface area (Å²) < 4.78 is 33.6. The summed E-state index contributed by atoms with van der Waals surface area (Å²) in [6, 6.07) is 14.5. The molecule has 6 heteroatoms. The highest BCUT2D eigenvalue weighted by Gasteiger charge is 2.19. The van der Waals surface area contributed by atoms with Crippen molar-refractivity contribution in [1.82, 2.24) is 4.72 Å². The van der Waals surface area contributed by atoms with E-state index in [2.05, 4.69) is 4.72 Å². The SMILES string of the molecule is Cc1cc(S(=O)(=O)NC[C@H](CCO)c2ccccc2)ccc1OC(C)C. The first-order chi connectivity index (χ1) is 12.3. The van der Waals surface area contributed by atoms with Crippen molar-refractivity contribution >= 4 is 10.0 Å². The summed E-state index contributed by atoms with van der Waals surface area (Å²) in [6.45, 7) is 5.92. The predicted molar refractivity (Wildman–Crippen MR) is 103 cm³/mol. The zero-order chi connectivity index (χ0) is 19.2. The number of sulfonamides is 1. The average molecular weight is 378 g/mol. The quantitative estimate of drug-likeness (QED) is 0.703. The summed E-state index contributed by atoms with van der Waals surface area (Å²) in [7, 11) is -3.64. The van der Waals surface area contributed by atoms with Crippen molar-refractivity contribution in [2.45, 2.75) is 44.1 Å². The summed E-state index contributed by atoms with van der Waals surface area (Å²) in [5.74, 6) is 0.599. The molecule has 0 saturated heterocycles. The van der Waals surface area contributed by atoms with Gasteiger partial charge in [0.2, 0.25) is 10.0 Å². The molecule has 0 fully saturated rings. The van der Waals surface area contributed by atoms with E-state index in [0.717, 1.165) is 11.1 Å². The molecule has 0 saturated carbocycles. The molecule has 0 unspecified atom stereocenters. The molecule has 2 aromatic rings. The van der Waals surface area contributed by atoms with Gasteiger partial charge in [0.1, 0.15) is 5.75 Å². The van der Waals surface area contributed by atoms with Gasteiger partial charge in [-0.3, -0.25) is 0 Å². The van der Waals surface area contributed by atoms with Gasteiger partial charge in [0, 0.05) is 13.2 Å². The van der Waals surface area contributed by atoms with E-state index in [0.29, 0.717) is 12.2 Å². The minimum atomic E-state index is -3.64. The Morgan fingerprint density at radius 2 is 1.81 bits per heavy atom. The maximum atomic E-state index is 12.6. The van der Waals surface area contributed by atoms with E-state index in [1.807, 2.05) is 51.1 Å². The van der Waals surface area contributed by atoms with E-state index in [1.165, 1.54) is 0 Å². The van der Waals surface area contributed by atoms with Crippen LogP contribution >= 0.6 is 0 Å². The molecule has 142 valence electrons. The minimum Gasteiger partial charge on any atom is -0.491 e. The molecule has 0 spiro atoms. The molecule has 0 heterocycles. The maximum Gasteiger partial charge on any atom is 0.240 e. The molecular weight excluding hydrogens is 350 g/mol. The molecule has 0 radical (unpaired) electrons. The highest BCUT2D eigenvalue weighted by molar-refractivity contribution is 7.89. The van der Waals surface area contributed by atoms with Crippen LogP contribution in [0.3, 0.4) is 0 Å². The molecular formula is C20H27NO4S. The summed E-state index contributed by atoms with van der Waals surface area (Å²) in [5, 5.41) is 9.29. The Morgan fingerprint density at radius 3 is 2.38 bits per heavy atom. The van der Waals surface area contributed by atoms with Crippen LogP contribution in [-0.4, -0.2) is 32.8 Å². The lowest BCUT2D eigenvalue weighted by atomic mass is 9.96. The summed E-state index contributed by atoms with van der Waals surface area (Å²) >= 11 is 0. The largest absolute Gasteiger partial charge is 0.491 e. The number of benzene rings is 2. The van der Waals surface area contributed by atoms with Crippen molar-refractivity contribution < 1.29 is 18.3 Å². The van der Waals surface area contributed by atoms with E-state index in [9.17, 15) is 13.5 Å². The van der Waals surface area contributed by atoms with Gasteiger partial charge in [0.25, 0.3) is 0 Å². The first-order valence-electron chi connectivity index (χ1n) is 8.76. The van der Waals surface area contributed by atoms with Gasteiger partial charge >= 0.3 is 0 Å². The number of aliphatic hydroxyl groups is 1. The fraction of sp³-hybridized carbons (Fsp3) is 0.400. The first-order valence-corrected chi connectivity index (χ1v) is 10.2. The fourth-order valence-electron chi connectivity index (χ4n) is 2.74. The van der Waals surface area contributed by atoms with Crippen LogP contribution in [0.5, 0.6) is 5.75 Å². The number of ether oxygens (including phenoxy) is 1. The Balaban J connectivity index is 2.13.